The average Bonchev–Trinajstić information content (AvgIpc) is 2.35. The first-order chi connectivity index (χ1) is 8.94. The van der Waals surface area contributed by atoms with Crippen molar-refractivity contribution in [3.8, 4) is 0 Å². The third kappa shape index (κ3) is 2.86. The Bertz CT molecular complexity index is 460. The van der Waals surface area contributed by atoms with Crippen LogP contribution < -0.4 is 5.32 Å². The van der Waals surface area contributed by atoms with Crippen LogP contribution in [0.25, 0.3) is 0 Å². The highest BCUT2D eigenvalue weighted by Gasteiger charge is 2.46. The van der Waals surface area contributed by atoms with Crippen LogP contribution in [0.15, 0.2) is 24.3 Å². The second kappa shape index (κ2) is 5.41. The van der Waals surface area contributed by atoms with Gasteiger partial charge in [0.2, 0.25) is 0 Å². The Labute approximate surface area is 119 Å². The van der Waals surface area contributed by atoms with Crippen molar-refractivity contribution < 1.29 is 9.90 Å². The maximum absolute atomic E-state index is 11.8. The van der Waals surface area contributed by atoms with Crippen LogP contribution in [0.4, 0.5) is 5.69 Å². The average molecular weight is 282 g/mol. The third-order valence-corrected chi connectivity index (χ3v) is 4.47. The number of carbonyl (C=O) groups is 1. The highest BCUT2D eigenvalue weighted by molar-refractivity contribution is 6.30. The van der Waals surface area contributed by atoms with Gasteiger partial charge in [0.1, 0.15) is 5.54 Å². The van der Waals surface area contributed by atoms with Crippen LogP contribution in [0.3, 0.4) is 0 Å². The number of anilines is 1. The summed E-state index contributed by atoms with van der Waals surface area (Å²) in [7, 11) is 0. The first kappa shape index (κ1) is 14.2. The molecule has 2 rings (SSSR count). The molecule has 4 heteroatoms. The second-order valence-electron chi connectivity index (χ2n) is 5.69. The molecule has 0 saturated heterocycles. The zero-order chi connectivity index (χ0) is 14.0. The molecule has 1 saturated carbocycles. The molecule has 1 aromatic carbocycles. The number of carboxylic acid groups (broad SMARTS) is 1. The number of hydrogen-bond donors (Lipinski definition) is 2. The molecule has 0 amide bonds. The Balaban J connectivity index is 2.25. The maximum Gasteiger partial charge on any atom is 0.329 e. The van der Waals surface area contributed by atoms with Crippen molar-refractivity contribution in [2.24, 2.45) is 11.8 Å². The van der Waals surface area contributed by atoms with E-state index in [4.69, 9.17) is 11.6 Å². The van der Waals surface area contributed by atoms with Crippen molar-refractivity contribution in [2.75, 3.05) is 5.32 Å². The molecule has 0 radical (unpaired) electrons. The van der Waals surface area contributed by atoms with E-state index in [1.165, 1.54) is 0 Å². The third-order valence-electron chi connectivity index (χ3n) is 4.22. The molecule has 1 aliphatic rings. The van der Waals surface area contributed by atoms with Crippen LogP contribution in [-0.2, 0) is 4.79 Å². The van der Waals surface area contributed by atoms with Gasteiger partial charge in [0, 0.05) is 10.7 Å². The molecule has 3 nitrogen and oxygen atoms in total. The quantitative estimate of drug-likeness (QED) is 0.879. The Morgan fingerprint density at radius 1 is 1.37 bits per heavy atom. The number of halogens is 1. The van der Waals surface area contributed by atoms with Crippen molar-refractivity contribution in [3.05, 3.63) is 29.3 Å². The van der Waals surface area contributed by atoms with E-state index in [1.54, 1.807) is 12.1 Å². The first-order valence-corrected chi connectivity index (χ1v) is 7.09. The van der Waals surface area contributed by atoms with E-state index in [1.807, 2.05) is 19.1 Å². The standard InChI is InChI=1S/C15H20ClNO2/c1-10-7-8-15(14(18)19,11(2)9-10)17-13-5-3-12(16)4-6-13/h3-6,10-11,17H,7-9H2,1-2H3,(H,18,19). The van der Waals surface area contributed by atoms with Crippen molar-refractivity contribution >= 4 is 23.3 Å². The predicted molar refractivity (Wildman–Crippen MR) is 77.6 cm³/mol. The summed E-state index contributed by atoms with van der Waals surface area (Å²) in [5.74, 6) is -0.0687. The van der Waals surface area contributed by atoms with Gasteiger partial charge in [0.25, 0.3) is 0 Å². The van der Waals surface area contributed by atoms with Gasteiger partial charge in [0.15, 0.2) is 0 Å². The Hall–Kier alpha value is -1.22. The van der Waals surface area contributed by atoms with E-state index in [0.29, 0.717) is 17.4 Å². The van der Waals surface area contributed by atoms with Crippen molar-refractivity contribution in [3.63, 3.8) is 0 Å². The largest absolute Gasteiger partial charge is 0.479 e. The molecule has 3 unspecified atom stereocenters. The van der Waals surface area contributed by atoms with Gasteiger partial charge in [-0.25, -0.2) is 4.79 Å². The zero-order valence-electron chi connectivity index (χ0n) is 11.3. The lowest BCUT2D eigenvalue weighted by Crippen LogP contribution is -2.54. The number of hydrogen-bond acceptors (Lipinski definition) is 2. The molecule has 0 heterocycles. The summed E-state index contributed by atoms with van der Waals surface area (Å²) in [5, 5.41) is 13.6. The number of aliphatic carboxylic acids is 1. The number of benzene rings is 1. The minimum Gasteiger partial charge on any atom is -0.479 e. The van der Waals surface area contributed by atoms with Crippen LogP contribution in [0.1, 0.15) is 33.1 Å². The van der Waals surface area contributed by atoms with Gasteiger partial charge < -0.3 is 10.4 Å². The van der Waals surface area contributed by atoms with Crippen LogP contribution in [-0.4, -0.2) is 16.6 Å². The minimum absolute atomic E-state index is 0.101. The number of nitrogens with one attached hydrogen (secondary N) is 1. The van der Waals surface area contributed by atoms with E-state index >= 15 is 0 Å². The molecule has 2 N–H and O–H groups in total. The van der Waals surface area contributed by atoms with Crippen LogP contribution >= 0.6 is 11.6 Å². The fourth-order valence-electron chi connectivity index (χ4n) is 2.99. The Morgan fingerprint density at radius 2 is 2.00 bits per heavy atom. The predicted octanol–water partition coefficient (Wildman–Crippen LogP) is 4.03. The summed E-state index contributed by atoms with van der Waals surface area (Å²) in [6.07, 6.45) is 2.54. The summed E-state index contributed by atoms with van der Waals surface area (Å²) in [5.41, 5.74) is -0.0476. The van der Waals surface area contributed by atoms with E-state index < -0.39 is 11.5 Å². The highest BCUT2D eigenvalue weighted by atomic mass is 35.5. The monoisotopic (exact) mass is 281 g/mol. The van der Waals surface area contributed by atoms with Gasteiger partial charge in [-0.15, -0.1) is 0 Å². The topological polar surface area (TPSA) is 49.3 Å². The van der Waals surface area contributed by atoms with E-state index in [-0.39, 0.29) is 5.92 Å². The van der Waals surface area contributed by atoms with Crippen LogP contribution in [0, 0.1) is 11.8 Å². The van der Waals surface area contributed by atoms with Crippen LogP contribution in [0.5, 0.6) is 0 Å². The number of rotatable bonds is 3. The fraction of sp³-hybridized carbons (Fsp3) is 0.533. The van der Waals surface area contributed by atoms with Crippen LogP contribution in [0.2, 0.25) is 5.02 Å². The molecular weight excluding hydrogens is 262 g/mol. The zero-order valence-corrected chi connectivity index (χ0v) is 12.1. The van der Waals surface area contributed by atoms with Gasteiger partial charge >= 0.3 is 5.97 Å². The van der Waals surface area contributed by atoms with Gasteiger partial charge in [-0.3, -0.25) is 0 Å². The lowest BCUT2D eigenvalue weighted by atomic mass is 9.70. The summed E-state index contributed by atoms with van der Waals surface area (Å²) in [6.45, 7) is 4.21. The first-order valence-electron chi connectivity index (χ1n) is 6.71. The molecular formula is C15H20ClNO2. The van der Waals surface area contributed by atoms with Crippen molar-refractivity contribution in [1.82, 2.24) is 0 Å². The van der Waals surface area contributed by atoms with Gasteiger partial charge in [-0.1, -0.05) is 25.4 Å². The summed E-state index contributed by atoms with van der Waals surface area (Å²) in [4.78, 5) is 11.8. The normalized spacial score (nSPS) is 30.9. The Kier molecular flexibility index (Phi) is 4.04. The lowest BCUT2D eigenvalue weighted by Gasteiger charge is -2.42. The molecule has 1 aromatic rings. The molecule has 1 aliphatic carbocycles. The van der Waals surface area contributed by atoms with E-state index in [9.17, 15) is 9.90 Å². The molecule has 19 heavy (non-hydrogen) atoms. The van der Waals surface area contributed by atoms with Crippen molar-refractivity contribution in [2.45, 2.75) is 38.6 Å². The second-order valence-corrected chi connectivity index (χ2v) is 6.13. The van der Waals surface area contributed by atoms with E-state index in [0.717, 1.165) is 18.5 Å². The van der Waals surface area contributed by atoms with Gasteiger partial charge in [0.05, 0.1) is 0 Å². The SMILES string of the molecule is CC1CCC(Nc2ccc(Cl)cc2)(C(=O)O)C(C)C1. The summed E-state index contributed by atoms with van der Waals surface area (Å²) < 4.78 is 0. The van der Waals surface area contributed by atoms with Crippen molar-refractivity contribution in [1.29, 1.82) is 0 Å². The molecule has 0 aliphatic heterocycles. The summed E-state index contributed by atoms with van der Waals surface area (Å²) >= 11 is 5.86. The fourth-order valence-corrected chi connectivity index (χ4v) is 3.12. The smallest absolute Gasteiger partial charge is 0.329 e. The minimum atomic E-state index is -0.861. The molecule has 3 atom stereocenters. The molecule has 0 aromatic heterocycles. The van der Waals surface area contributed by atoms with Gasteiger partial charge in [-0.05, 0) is 55.4 Å². The summed E-state index contributed by atoms with van der Waals surface area (Å²) in [6, 6.07) is 7.21. The molecule has 104 valence electrons. The highest BCUT2D eigenvalue weighted by Crippen LogP contribution is 2.39. The molecule has 1 fully saturated rings. The molecule has 0 spiro atoms. The number of carboxylic acids is 1. The van der Waals surface area contributed by atoms with Gasteiger partial charge in [-0.2, -0.15) is 0 Å². The lowest BCUT2D eigenvalue weighted by molar-refractivity contribution is -0.145. The molecule has 0 bridgehead atoms. The maximum atomic E-state index is 11.8. The van der Waals surface area contributed by atoms with E-state index in [2.05, 4.69) is 12.2 Å². The Morgan fingerprint density at radius 3 is 2.53 bits per heavy atom.